The number of rotatable bonds is 7. The molecule has 1 aliphatic heterocycles. The van der Waals surface area contributed by atoms with E-state index in [0.29, 0.717) is 0 Å². The van der Waals surface area contributed by atoms with Crippen molar-refractivity contribution in [1.82, 2.24) is 0 Å². The van der Waals surface area contributed by atoms with Gasteiger partial charge in [0, 0.05) is 28.2 Å². The van der Waals surface area contributed by atoms with Gasteiger partial charge in [0.05, 0.1) is 16.8 Å². The van der Waals surface area contributed by atoms with E-state index in [1.807, 2.05) is 0 Å². The van der Waals surface area contributed by atoms with Crippen LogP contribution >= 0.6 is 0 Å². The van der Waals surface area contributed by atoms with Crippen molar-refractivity contribution in [1.29, 1.82) is 0 Å². The minimum atomic E-state index is -0.513. The summed E-state index contributed by atoms with van der Waals surface area (Å²) >= 11 is 0. The zero-order valence-corrected chi connectivity index (χ0v) is 33.8. The third kappa shape index (κ3) is 5.48. The van der Waals surface area contributed by atoms with E-state index in [2.05, 4.69) is 254 Å². The van der Waals surface area contributed by atoms with Crippen LogP contribution in [0.2, 0.25) is 0 Å². The van der Waals surface area contributed by atoms with Crippen LogP contribution in [0, 0.1) is 0 Å². The molecule has 0 spiro atoms. The highest BCUT2D eigenvalue weighted by molar-refractivity contribution is 5.92. The smallest absolute Gasteiger partial charge is 0.0714 e. The lowest BCUT2D eigenvalue weighted by Gasteiger charge is -2.42. The minimum Gasteiger partial charge on any atom is -0.310 e. The van der Waals surface area contributed by atoms with E-state index in [9.17, 15) is 0 Å². The average molecular weight is 769 g/mol. The predicted octanol–water partition coefficient (Wildman–Crippen LogP) is 15.3. The first-order valence-corrected chi connectivity index (χ1v) is 20.9. The van der Waals surface area contributed by atoms with Crippen molar-refractivity contribution in [3.05, 3.63) is 264 Å². The first-order valence-electron chi connectivity index (χ1n) is 20.9. The molecule has 2 aliphatic rings. The summed E-state index contributed by atoms with van der Waals surface area (Å²) in [5, 5.41) is 0. The van der Waals surface area contributed by atoms with Gasteiger partial charge in [0.2, 0.25) is 0 Å². The van der Waals surface area contributed by atoms with Crippen LogP contribution in [0.1, 0.15) is 47.2 Å². The third-order valence-corrected chi connectivity index (χ3v) is 12.9. The van der Waals surface area contributed by atoms with Gasteiger partial charge in [-0.1, -0.05) is 190 Å². The van der Waals surface area contributed by atoms with Crippen LogP contribution in [0.15, 0.2) is 231 Å². The normalized spacial score (nSPS) is 14.1. The number of anilines is 6. The van der Waals surface area contributed by atoms with Gasteiger partial charge < -0.3 is 9.80 Å². The van der Waals surface area contributed by atoms with Crippen LogP contribution in [0.4, 0.5) is 34.1 Å². The molecule has 1 aliphatic carbocycles. The lowest BCUT2D eigenvalue weighted by molar-refractivity contribution is 0.632. The number of nitrogens with zero attached hydrogens (tertiary/aromatic N) is 2. The molecule has 0 unspecified atom stereocenters. The molecule has 2 nitrogen and oxygen atoms in total. The Hall–Kier alpha value is -7.42. The van der Waals surface area contributed by atoms with Crippen molar-refractivity contribution in [2.75, 3.05) is 9.80 Å². The number of para-hydroxylation sites is 2. The monoisotopic (exact) mass is 768 g/mol. The molecule has 2 heteroatoms. The van der Waals surface area contributed by atoms with Gasteiger partial charge in [-0.15, -0.1) is 0 Å². The van der Waals surface area contributed by atoms with Gasteiger partial charge in [-0.3, -0.25) is 0 Å². The average Bonchev–Trinajstić information content (AvgIpc) is 3.61. The fourth-order valence-electron chi connectivity index (χ4n) is 10.2. The zero-order chi connectivity index (χ0) is 40.3. The van der Waals surface area contributed by atoms with Gasteiger partial charge in [0.1, 0.15) is 0 Å². The lowest BCUT2D eigenvalue weighted by Crippen LogP contribution is -2.30. The van der Waals surface area contributed by atoms with Gasteiger partial charge in [0.15, 0.2) is 0 Å². The first kappa shape index (κ1) is 35.7. The highest BCUT2D eigenvalue weighted by Crippen LogP contribution is 2.58. The Morgan fingerprint density at radius 2 is 0.833 bits per heavy atom. The van der Waals surface area contributed by atoms with Gasteiger partial charge in [0.25, 0.3) is 0 Å². The molecule has 0 bridgehead atoms. The predicted molar refractivity (Wildman–Crippen MR) is 251 cm³/mol. The van der Waals surface area contributed by atoms with Crippen LogP contribution in [0.25, 0.3) is 22.3 Å². The molecular weight excluding hydrogens is 725 g/mol. The Bertz CT molecular complexity index is 2950. The summed E-state index contributed by atoms with van der Waals surface area (Å²) in [5.74, 6) is 0. The molecule has 286 valence electrons. The molecule has 0 saturated heterocycles. The van der Waals surface area contributed by atoms with E-state index in [1.54, 1.807) is 0 Å². The molecule has 0 saturated carbocycles. The molecule has 0 atom stereocenters. The second-order valence-electron chi connectivity index (χ2n) is 16.5. The first-order chi connectivity index (χ1) is 29.5. The summed E-state index contributed by atoms with van der Waals surface area (Å²) in [5.41, 5.74) is 18.8. The molecule has 0 fully saturated rings. The largest absolute Gasteiger partial charge is 0.310 e. The highest BCUT2D eigenvalue weighted by Gasteiger charge is 2.46. The zero-order valence-electron chi connectivity index (χ0n) is 33.8. The van der Waals surface area contributed by atoms with Gasteiger partial charge in [-0.2, -0.15) is 0 Å². The summed E-state index contributed by atoms with van der Waals surface area (Å²) in [7, 11) is 0. The summed E-state index contributed by atoms with van der Waals surface area (Å²) < 4.78 is 0. The summed E-state index contributed by atoms with van der Waals surface area (Å²) in [6.07, 6.45) is 0. The molecule has 9 aromatic rings. The van der Waals surface area contributed by atoms with Crippen molar-refractivity contribution in [2.24, 2.45) is 0 Å². The highest BCUT2D eigenvalue weighted by atomic mass is 15.2. The Morgan fingerprint density at radius 3 is 1.52 bits per heavy atom. The maximum atomic E-state index is 2.47. The second-order valence-corrected chi connectivity index (χ2v) is 16.5. The molecule has 0 amide bonds. The van der Waals surface area contributed by atoms with Crippen molar-refractivity contribution in [2.45, 2.75) is 24.7 Å². The maximum absolute atomic E-state index is 2.47. The number of benzene rings is 9. The molecule has 0 radical (unpaired) electrons. The molecule has 1 heterocycles. The molecule has 0 N–H and O–H groups in total. The molecular formula is C58H44N2. The fourth-order valence-corrected chi connectivity index (χ4v) is 10.2. The van der Waals surface area contributed by atoms with Crippen LogP contribution in [-0.2, 0) is 10.8 Å². The lowest BCUT2D eigenvalue weighted by atomic mass is 9.67. The topological polar surface area (TPSA) is 6.48 Å². The van der Waals surface area contributed by atoms with Crippen molar-refractivity contribution < 1.29 is 0 Å². The van der Waals surface area contributed by atoms with Gasteiger partial charge in [-0.25, -0.2) is 0 Å². The van der Waals surface area contributed by atoms with Crippen molar-refractivity contribution >= 4 is 34.1 Å². The van der Waals surface area contributed by atoms with E-state index in [1.165, 1.54) is 67.0 Å². The van der Waals surface area contributed by atoms with Crippen molar-refractivity contribution in [3.63, 3.8) is 0 Å². The van der Waals surface area contributed by atoms with E-state index in [-0.39, 0.29) is 5.41 Å². The number of fused-ring (bicyclic) bond motifs is 5. The Balaban J connectivity index is 1.16. The van der Waals surface area contributed by atoms with Crippen LogP contribution in [0.5, 0.6) is 0 Å². The molecule has 11 rings (SSSR count). The minimum absolute atomic E-state index is 0.206. The van der Waals surface area contributed by atoms with E-state index in [0.717, 1.165) is 22.7 Å². The second kappa shape index (κ2) is 14.1. The summed E-state index contributed by atoms with van der Waals surface area (Å²) in [6.45, 7) is 4.72. The van der Waals surface area contributed by atoms with E-state index in [4.69, 9.17) is 0 Å². The van der Waals surface area contributed by atoms with Crippen molar-refractivity contribution in [3.8, 4) is 22.3 Å². The standard InChI is InChI=1S/C58H44N2/c1-57(2)52-29-17-18-30-55(52)60(45-25-13-6-14-26-45)56-40-48(36-38-53(56)57)59(46-33-31-42(32-34-46)41-19-7-3-8-20-41)47-35-37-50-49-27-15-16-28-51(49)58(54(50)39-47,43-21-9-4-10-22-43)44-23-11-5-12-24-44/h3-40H,1-2H3. The van der Waals surface area contributed by atoms with Gasteiger partial charge in [-0.05, 0) is 110 Å². The Kier molecular flexibility index (Phi) is 8.42. The summed E-state index contributed by atoms with van der Waals surface area (Å²) in [6, 6.07) is 84.8. The third-order valence-electron chi connectivity index (χ3n) is 12.9. The van der Waals surface area contributed by atoms with E-state index < -0.39 is 5.41 Å². The fraction of sp³-hybridized carbons (Fsp3) is 0.0690. The van der Waals surface area contributed by atoms with Crippen LogP contribution in [0.3, 0.4) is 0 Å². The number of hydrogen-bond donors (Lipinski definition) is 0. The van der Waals surface area contributed by atoms with Gasteiger partial charge >= 0.3 is 0 Å². The quantitative estimate of drug-likeness (QED) is 0.159. The Morgan fingerprint density at radius 1 is 0.350 bits per heavy atom. The number of hydrogen-bond acceptors (Lipinski definition) is 2. The van der Waals surface area contributed by atoms with Crippen LogP contribution in [-0.4, -0.2) is 0 Å². The van der Waals surface area contributed by atoms with Crippen LogP contribution < -0.4 is 9.80 Å². The van der Waals surface area contributed by atoms with E-state index >= 15 is 0 Å². The molecule has 60 heavy (non-hydrogen) atoms. The Labute approximate surface area is 353 Å². The maximum Gasteiger partial charge on any atom is 0.0714 e. The molecule has 9 aromatic carbocycles. The summed E-state index contributed by atoms with van der Waals surface area (Å²) in [4.78, 5) is 4.90. The molecule has 0 aromatic heterocycles. The SMILES string of the molecule is CC1(C)c2ccccc2N(c2ccccc2)c2cc(N(c3ccc(-c4ccccc4)cc3)c3ccc4c(c3)C(c3ccccc3)(c3ccccc3)c3ccccc3-4)ccc21.